The van der Waals surface area contributed by atoms with Crippen molar-refractivity contribution in [3.63, 3.8) is 0 Å². The molecule has 0 bridgehead atoms. The van der Waals surface area contributed by atoms with Crippen LogP contribution in [0.5, 0.6) is 0 Å². The van der Waals surface area contributed by atoms with Gasteiger partial charge in [0.1, 0.15) is 4.88 Å². The van der Waals surface area contributed by atoms with Crippen molar-refractivity contribution < 1.29 is 4.79 Å². The molecule has 0 aliphatic heterocycles. The van der Waals surface area contributed by atoms with Crippen LogP contribution in [-0.2, 0) is 0 Å². The van der Waals surface area contributed by atoms with E-state index in [0.717, 1.165) is 10.1 Å². The Morgan fingerprint density at radius 3 is 2.95 bits per heavy atom. The van der Waals surface area contributed by atoms with Crippen molar-refractivity contribution in [1.29, 1.82) is 5.26 Å². The summed E-state index contributed by atoms with van der Waals surface area (Å²) in [4.78, 5) is 14.5. The van der Waals surface area contributed by atoms with Crippen LogP contribution in [0.4, 0.5) is 5.69 Å². The molecule has 4 nitrogen and oxygen atoms in total. The number of nitrogens with zero attached hydrogens (tertiary/aromatic N) is 2. The van der Waals surface area contributed by atoms with Crippen LogP contribution in [0.25, 0.3) is 10.1 Å². The van der Waals surface area contributed by atoms with Gasteiger partial charge in [0.05, 0.1) is 18.2 Å². The monoisotopic (exact) mass is 307 g/mol. The second-order valence-corrected chi connectivity index (χ2v) is 6.10. The fourth-order valence-corrected chi connectivity index (χ4v) is 3.26. The van der Waals surface area contributed by atoms with E-state index in [-0.39, 0.29) is 11.9 Å². The number of hydrogen-bond donors (Lipinski definition) is 1. The number of anilines is 1. The molecule has 1 atom stereocenters. The zero-order valence-corrected chi connectivity index (χ0v) is 12.8. The standard InChI is InChI=1S/C14H14ClN3OS/c1-8(5-6-16)18(2)14(19)13-12(17)10-4-3-9(15)7-11(10)20-13/h3-4,7-8H,5,17H2,1-2H3. The quantitative estimate of drug-likeness (QED) is 0.943. The first-order valence-corrected chi connectivity index (χ1v) is 7.26. The van der Waals surface area contributed by atoms with Gasteiger partial charge >= 0.3 is 0 Å². The fraction of sp³-hybridized carbons (Fsp3) is 0.286. The van der Waals surface area contributed by atoms with Crippen molar-refractivity contribution >= 4 is 44.6 Å². The Hall–Kier alpha value is -1.77. The topological polar surface area (TPSA) is 70.1 Å². The highest BCUT2D eigenvalue weighted by Crippen LogP contribution is 2.36. The molecule has 20 heavy (non-hydrogen) atoms. The smallest absolute Gasteiger partial charge is 0.266 e. The third kappa shape index (κ3) is 2.58. The first kappa shape index (κ1) is 14.6. The molecule has 6 heteroatoms. The predicted octanol–water partition coefficient (Wildman–Crippen LogP) is 3.51. The first-order valence-electron chi connectivity index (χ1n) is 6.07. The van der Waals surface area contributed by atoms with Gasteiger partial charge in [-0.1, -0.05) is 11.6 Å². The van der Waals surface area contributed by atoms with E-state index in [1.807, 2.05) is 13.0 Å². The van der Waals surface area contributed by atoms with Crippen LogP contribution in [0.1, 0.15) is 23.0 Å². The van der Waals surface area contributed by atoms with Gasteiger partial charge in [0.15, 0.2) is 0 Å². The van der Waals surface area contributed by atoms with Crippen molar-refractivity contribution in [2.75, 3.05) is 12.8 Å². The van der Waals surface area contributed by atoms with Gasteiger partial charge in [0.25, 0.3) is 5.91 Å². The summed E-state index contributed by atoms with van der Waals surface area (Å²) in [6.07, 6.45) is 0.291. The highest BCUT2D eigenvalue weighted by molar-refractivity contribution is 7.21. The molecule has 0 fully saturated rings. The molecule has 1 heterocycles. The van der Waals surface area contributed by atoms with Gasteiger partial charge in [-0.3, -0.25) is 4.79 Å². The van der Waals surface area contributed by atoms with Gasteiger partial charge in [0.2, 0.25) is 0 Å². The summed E-state index contributed by atoms with van der Waals surface area (Å²) >= 11 is 7.27. The average Bonchev–Trinajstić information content (AvgIpc) is 2.74. The SMILES string of the molecule is CC(CC#N)N(C)C(=O)c1sc2cc(Cl)ccc2c1N. The van der Waals surface area contributed by atoms with E-state index in [0.29, 0.717) is 22.0 Å². The van der Waals surface area contributed by atoms with E-state index in [9.17, 15) is 4.79 Å². The minimum atomic E-state index is -0.164. The third-order valence-corrected chi connectivity index (χ3v) is 4.64. The number of fused-ring (bicyclic) bond motifs is 1. The normalized spacial score (nSPS) is 12.1. The van der Waals surface area contributed by atoms with Crippen LogP contribution >= 0.6 is 22.9 Å². The van der Waals surface area contributed by atoms with Crippen molar-refractivity contribution in [3.05, 3.63) is 28.1 Å². The maximum atomic E-state index is 12.5. The van der Waals surface area contributed by atoms with Gasteiger partial charge in [-0.2, -0.15) is 5.26 Å². The summed E-state index contributed by atoms with van der Waals surface area (Å²) in [6, 6.07) is 7.28. The number of nitrogen functional groups attached to an aromatic ring is 1. The molecule has 1 unspecified atom stereocenters. The van der Waals surface area contributed by atoms with Gasteiger partial charge in [-0.15, -0.1) is 11.3 Å². The average molecular weight is 308 g/mol. The minimum Gasteiger partial charge on any atom is -0.397 e. The summed E-state index contributed by atoms with van der Waals surface area (Å²) in [5.74, 6) is -0.164. The summed E-state index contributed by atoms with van der Waals surface area (Å²) in [5.41, 5.74) is 6.53. The van der Waals surface area contributed by atoms with E-state index in [1.165, 1.54) is 11.3 Å². The molecular formula is C14H14ClN3OS. The molecule has 0 saturated carbocycles. The molecule has 1 aromatic heterocycles. The summed E-state index contributed by atoms with van der Waals surface area (Å²) < 4.78 is 0.889. The van der Waals surface area contributed by atoms with Crippen LogP contribution < -0.4 is 5.73 Å². The zero-order valence-electron chi connectivity index (χ0n) is 11.2. The molecule has 0 aliphatic rings. The number of halogens is 1. The fourth-order valence-electron chi connectivity index (χ4n) is 1.88. The molecule has 104 valence electrons. The van der Waals surface area contributed by atoms with E-state index in [2.05, 4.69) is 6.07 Å². The Kier molecular flexibility index (Phi) is 4.17. The second-order valence-electron chi connectivity index (χ2n) is 4.61. The number of carbonyl (C=O) groups excluding carboxylic acids is 1. The van der Waals surface area contributed by atoms with Crippen molar-refractivity contribution in [3.8, 4) is 6.07 Å². The Morgan fingerprint density at radius 1 is 1.60 bits per heavy atom. The number of thiophene rings is 1. The molecule has 1 aromatic carbocycles. The summed E-state index contributed by atoms with van der Waals surface area (Å²) in [5, 5.41) is 10.2. The maximum Gasteiger partial charge on any atom is 0.266 e. The summed E-state index contributed by atoms with van der Waals surface area (Å²) in [6.45, 7) is 1.83. The highest BCUT2D eigenvalue weighted by Gasteiger charge is 2.22. The molecule has 0 aliphatic carbocycles. The minimum absolute atomic E-state index is 0.152. The number of rotatable bonds is 3. The lowest BCUT2D eigenvalue weighted by Gasteiger charge is -2.22. The molecule has 2 aromatic rings. The molecule has 1 amide bonds. The van der Waals surface area contributed by atoms with Crippen molar-refractivity contribution in [1.82, 2.24) is 4.90 Å². The van der Waals surface area contributed by atoms with Crippen molar-refractivity contribution in [2.24, 2.45) is 0 Å². The van der Waals surface area contributed by atoms with Gasteiger partial charge in [0, 0.05) is 28.2 Å². The number of hydrogen-bond acceptors (Lipinski definition) is 4. The number of nitrogens with two attached hydrogens (primary N) is 1. The second kappa shape index (κ2) is 5.70. The predicted molar refractivity (Wildman–Crippen MR) is 83.0 cm³/mol. The van der Waals surface area contributed by atoms with Crippen LogP contribution in [-0.4, -0.2) is 23.9 Å². The Morgan fingerprint density at radius 2 is 2.30 bits per heavy atom. The number of amides is 1. The Bertz CT molecular complexity index is 704. The lowest BCUT2D eigenvalue weighted by atomic mass is 10.2. The summed E-state index contributed by atoms with van der Waals surface area (Å²) in [7, 11) is 1.68. The van der Waals surface area contributed by atoms with Crippen molar-refractivity contribution in [2.45, 2.75) is 19.4 Å². The van der Waals surface area contributed by atoms with Crippen LogP contribution in [0, 0.1) is 11.3 Å². The van der Waals surface area contributed by atoms with E-state index in [4.69, 9.17) is 22.6 Å². The number of nitriles is 1. The van der Waals surface area contributed by atoms with Gasteiger partial charge < -0.3 is 10.6 Å². The molecular weight excluding hydrogens is 294 g/mol. The van der Waals surface area contributed by atoms with E-state index >= 15 is 0 Å². The third-order valence-electron chi connectivity index (χ3n) is 3.25. The van der Waals surface area contributed by atoms with Crippen LogP contribution in [0.3, 0.4) is 0 Å². The maximum absolute atomic E-state index is 12.5. The molecule has 2 rings (SSSR count). The first-order chi connectivity index (χ1) is 9.45. The highest BCUT2D eigenvalue weighted by atomic mass is 35.5. The molecule has 0 radical (unpaired) electrons. The molecule has 2 N–H and O–H groups in total. The van der Waals surface area contributed by atoms with E-state index < -0.39 is 0 Å². The van der Waals surface area contributed by atoms with Crippen LogP contribution in [0.15, 0.2) is 18.2 Å². The largest absolute Gasteiger partial charge is 0.397 e. The lowest BCUT2D eigenvalue weighted by Crippen LogP contribution is -2.34. The molecule has 0 spiro atoms. The van der Waals surface area contributed by atoms with Crippen LogP contribution in [0.2, 0.25) is 5.02 Å². The Balaban J connectivity index is 2.40. The number of carbonyl (C=O) groups is 1. The Labute approximate surface area is 126 Å². The zero-order chi connectivity index (χ0) is 14.9. The van der Waals surface area contributed by atoms with Gasteiger partial charge in [-0.05, 0) is 25.1 Å². The van der Waals surface area contributed by atoms with E-state index in [1.54, 1.807) is 24.1 Å². The van der Waals surface area contributed by atoms with Gasteiger partial charge in [-0.25, -0.2) is 0 Å². The molecule has 0 saturated heterocycles. The number of benzene rings is 1. The lowest BCUT2D eigenvalue weighted by molar-refractivity contribution is 0.0752.